The van der Waals surface area contributed by atoms with E-state index >= 15 is 0 Å². The highest BCUT2D eigenvalue weighted by atomic mass is 16.5. The van der Waals surface area contributed by atoms with E-state index in [9.17, 15) is 0 Å². The molecule has 2 aromatic rings. The lowest BCUT2D eigenvalue weighted by molar-refractivity contribution is 0.393. The Bertz CT molecular complexity index is 579. The van der Waals surface area contributed by atoms with Crippen molar-refractivity contribution in [3.05, 3.63) is 42.0 Å². The molecule has 0 aliphatic heterocycles. The number of methoxy groups -OCH3 is 1. The van der Waals surface area contributed by atoms with Gasteiger partial charge in [-0.25, -0.2) is 15.0 Å². The lowest BCUT2D eigenvalue weighted by atomic mass is 10.2. The fourth-order valence-electron chi connectivity index (χ4n) is 1.44. The Morgan fingerprint density at radius 2 is 2.22 bits per heavy atom. The molecule has 0 saturated heterocycles. The zero-order chi connectivity index (χ0) is 12.8. The van der Waals surface area contributed by atoms with Crippen molar-refractivity contribution in [2.45, 2.75) is 6.54 Å². The molecule has 0 atom stereocenters. The lowest BCUT2D eigenvalue weighted by Crippen LogP contribution is -2.05. The van der Waals surface area contributed by atoms with E-state index in [0.717, 1.165) is 5.56 Å². The van der Waals surface area contributed by atoms with Gasteiger partial charge in [0.05, 0.1) is 7.11 Å². The summed E-state index contributed by atoms with van der Waals surface area (Å²) in [6.45, 7) is 0.513. The molecule has 0 fully saturated rings. The van der Waals surface area contributed by atoms with E-state index in [0.29, 0.717) is 18.2 Å². The average molecular weight is 241 g/mol. The highest BCUT2D eigenvalue weighted by molar-refractivity contribution is 5.37. The number of nitrogens with zero attached hydrogens (tertiary/aromatic N) is 4. The molecule has 0 radical (unpaired) electrons. The third-order valence-corrected chi connectivity index (χ3v) is 2.26. The second-order valence-corrected chi connectivity index (χ2v) is 3.40. The third-order valence-electron chi connectivity index (χ3n) is 2.26. The number of hydrogen-bond donors (Lipinski definition) is 1. The molecule has 0 unspecified atom stereocenters. The van der Waals surface area contributed by atoms with Crippen LogP contribution in [0.15, 0.2) is 30.6 Å². The summed E-state index contributed by atoms with van der Waals surface area (Å²) in [6, 6.07) is 7.33. The molecule has 0 spiro atoms. The molecule has 1 N–H and O–H groups in total. The van der Waals surface area contributed by atoms with Crippen LogP contribution in [0.3, 0.4) is 0 Å². The molecule has 6 heteroatoms. The number of anilines is 1. The second-order valence-electron chi connectivity index (χ2n) is 3.40. The molecule has 0 aliphatic carbocycles. The number of hydrogen-bond acceptors (Lipinski definition) is 6. The molecule has 0 aliphatic rings. The van der Waals surface area contributed by atoms with E-state index < -0.39 is 0 Å². The van der Waals surface area contributed by atoms with Gasteiger partial charge in [0.1, 0.15) is 11.9 Å². The first-order valence-corrected chi connectivity index (χ1v) is 5.28. The number of ether oxygens (including phenoxy) is 1. The van der Waals surface area contributed by atoms with Crippen LogP contribution in [-0.2, 0) is 6.54 Å². The zero-order valence-corrected chi connectivity index (χ0v) is 9.79. The van der Waals surface area contributed by atoms with Crippen molar-refractivity contribution in [2.24, 2.45) is 0 Å². The van der Waals surface area contributed by atoms with Gasteiger partial charge in [-0.1, -0.05) is 6.07 Å². The van der Waals surface area contributed by atoms with E-state index in [1.54, 1.807) is 19.4 Å². The standard InChI is InChI=1S/C12H11N5O/c1-18-12-9(3-2-5-15-12)8-16-10-4-6-14-11(7-13)17-10/h2-6H,8H2,1H3,(H,14,16,17). The van der Waals surface area contributed by atoms with Crippen LogP contribution in [0.4, 0.5) is 5.82 Å². The van der Waals surface area contributed by atoms with Crippen molar-refractivity contribution in [2.75, 3.05) is 12.4 Å². The Balaban J connectivity index is 2.09. The van der Waals surface area contributed by atoms with Gasteiger partial charge in [0.2, 0.25) is 11.7 Å². The highest BCUT2D eigenvalue weighted by Gasteiger charge is 2.03. The van der Waals surface area contributed by atoms with Gasteiger partial charge in [0.15, 0.2) is 0 Å². The lowest BCUT2D eigenvalue weighted by Gasteiger charge is -2.08. The van der Waals surface area contributed by atoms with Gasteiger partial charge in [0.25, 0.3) is 0 Å². The predicted molar refractivity (Wildman–Crippen MR) is 64.9 cm³/mol. The average Bonchev–Trinajstić information content (AvgIpc) is 2.45. The topological polar surface area (TPSA) is 83.7 Å². The third kappa shape index (κ3) is 2.71. The number of aromatic nitrogens is 3. The molecule has 18 heavy (non-hydrogen) atoms. The minimum absolute atomic E-state index is 0.137. The molecule has 90 valence electrons. The van der Waals surface area contributed by atoms with Crippen LogP contribution < -0.4 is 10.1 Å². The molecule has 0 aromatic carbocycles. The maximum atomic E-state index is 8.70. The second kappa shape index (κ2) is 5.59. The molecular formula is C12H11N5O. The monoisotopic (exact) mass is 241 g/mol. The fourth-order valence-corrected chi connectivity index (χ4v) is 1.44. The Morgan fingerprint density at radius 1 is 1.33 bits per heavy atom. The van der Waals surface area contributed by atoms with Crippen LogP contribution in [0.5, 0.6) is 5.88 Å². The van der Waals surface area contributed by atoms with Gasteiger partial charge in [-0.05, 0) is 12.1 Å². The van der Waals surface area contributed by atoms with Gasteiger partial charge in [0, 0.05) is 24.5 Å². The van der Waals surface area contributed by atoms with Gasteiger partial charge in [-0.3, -0.25) is 0 Å². The Hall–Kier alpha value is -2.68. The summed E-state index contributed by atoms with van der Waals surface area (Å²) in [5, 5.41) is 11.8. The van der Waals surface area contributed by atoms with Gasteiger partial charge in [-0.15, -0.1) is 0 Å². The molecule has 0 bridgehead atoms. The highest BCUT2D eigenvalue weighted by Crippen LogP contribution is 2.15. The minimum Gasteiger partial charge on any atom is -0.481 e. The smallest absolute Gasteiger partial charge is 0.234 e. The van der Waals surface area contributed by atoms with Crippen molar-refractivity contribution < 1.29 is 4.74 Å². The van der Waals surface area contributed by atoms with E-state index in [-0.39, 0.29) is 5.82 Å². The first-order chi connectivity index (χ1) is 8.83. The van der Waals surface area contributed by atoms with Crippen LogP contribution in [0, 0.1) is 11.3 Å². The minimum atomic E-state index is 0.137. The van der Waals surface area contributed by atoms with Gasteiger partial charge < -0.3 is 10.1 Å². The largest absolute Gasteiger partial charge is 0.481 e. The fraction of sp³-hybridized carbons (Fsp3) is 0.167. The molecule has 0 saturated carbocycles. The quantitative estimate of drug-likeness (QED) is 0.870. The Labute approximate surface area is 104 Å². The number of rotatable bonds is 4. The normalized spacial score (nSPS) is 9.56. The van der Waals surface area contributed by atoms with Crippen LogP contribution in [0.2, 0.25) is 0 Å². The zero-order valence-electron chi connectivity index (χ0n) is 9.79. The summed E-state index contributed by atoms with van der Waals surface area (Å²) in [5.74, 6) is 1.30. The first-order valence-electron chi connectivity index (χ1n) is 5.28. The summed E-state index contributed by atoms with van der Waals surface area (Å²) >= 11 is 0. The molecule has 2 heterocycles. The summed E-state index contributed by atoms with van der Waals surface area (Å²) in [6.07, 6.45) is 3.20. The van der Waals surface area contributed by atoms with E-state index in [2.05, 4.69) is 20.3 Å². The predicted octanol–water partition coefficient (Wildman–Crippen LogP) is 1.36. The number of pyridine rings is 1. The Morgan fingerprint density at radius 3 is 3.00 bits per heavy atom. The van der Waals surface area contributed by atoms with Crippen molar-refractivity contribution in [3.63, 3.8) is 0 Å². The molecular weight excluding hydrogens is 230 g/mol. The maximum Gasteiger partial charge on any atom is 0.234 e. The SMILES string of the molecule is COc1ncccc1CNc1ccnc(C#N)n1. The molecule has 6 nitrogen and oxygen atoms in total. The van der Waals surface area contributed by atoms with Crippen molar-refractivity contribution in [1.29, 1.82) is 5.26 Å². The van der Waals surface area contributed by atoms with Crippen LogP contribution in [0.1, 0.15) is 11.4 Å². The van der Waals surface area contributed by atoms with Gasteiger partial charge >= 0.3 is 0 Å². The van der Waals surface area contributed by atoms with E-state index in [1.165, 1.54) is 6.20 Å². The van der Waals surface area contributed by atoms with Crippen LogP contribution in [-0.4, -0.2) is 22.1 Å². The summed E-state index contributed by atoms with van der Waals surface area (Å²) in [4.78, 5) is 11.9. The number of nitrogens with one attached hydrogen (secondary N) is 1. The Kier molecular flexibility index (Phi) is 3.66. The summed E-state index contributed by atoms with van der Waals surface area (Å²) in [5.41, 5.74) is 0.914. The first kappa shape index (κ1) is 11.8. The number of nitriles is 1. The summed E-state index contributed by atoms with van der Waals surface area (Å²) in [7, 11) is 1.57. The van der Waals surface area contributed by atoms with E-state index in [4.69, 9.17) is 10.00 Å². The maximum absolute atomic E-state index is 8.70. The van der Waals surface area contributed by atoms with Crippen molar-refractivity contribution >= 4 is 5.82 Å². The molecule has 2 rings (SSSR count). The van der Waals surface area contributed by atoms with Crippen LogP contribution in [0.25, 0.3) is 0 Å². The van der Waals surface area contributed by atoms with Crippen LogP contribution >= 0.6 is 0 Å². The van der Waals surface area contributed by atoms with E-state index in [1.807, 2.05) is 18.2 Å². The molecule has 2 aromatic heterocycles. The molecule has 0 amide bonds. The van der Waals surface area contributed by atoms with Gasteiger partial charge in [-0.2, -0.15) is 5.26 Å². The van der Waals surface area contributed by atoms with Crippen molar-refractivity contribution in [1.82, 2.24) is 15.0 Å². The summed E-state index contributed by atoms with van der Waals surface area (Å²) < 4.78 is 5.14. The van der Waals surface area contributed by atoms with Crippen molar-refractivity contribution in [3.8, 4) is 11.9 Å².